The zero-order chi connectivity index (χ0) is 16.8. The Morgan fingerprint density at radius 1 is 1.04 bits per heavy atom. The van der Waals surface area contributed by atoms with E-state index in [2.05, 4.69) is 0 Å². The molecule has 3 rings (SSSR count). The van der Waals surface area contributed by atoms with E-state index in [1.807, 2.05) is 13.8 Å². The van der Waals surface area contributed by atoms with Gasteiger partial charge in [-0.1, -0.05) is 18.2 Å². The van der Waals surface area contributed by atoms with Gasteiger partial charge in [-0.2, -0.15) is 13.2 Å². The smallest absolute Gasteiger partial charge is 0.416 e. The van der Waals surface area contributed by atoms with E-state index < -0.39 is 17.3 Å². The number of ketones is 1. The molecule has 0 atom stereocenters. The Hall–Kier alpha value is -2.30. The molecule has 5 heteroatoms. The van der Waals surface area contributed by atoms with E-state index in [1.54, 1.807) is 24.3 Å². The third-order valence-electron chi connectivity index (χ3n) is 3.78. The lowest BCUT2D eigenvalue weighted by atomic mass is 9.91. The number of halogens is 3. The largest absolute Gasteiger partial charge is 0.487 e. The summed E-state index contributed by atoms with van der Waals surface area (Å²) in [6.45, 7) is 3.62. The van der Waals surface area contributed by atoms with Gasteiger partial charge in [-0.25, -0.2) is 0 Å². The summed E-state index contributed by atoms with van der Waals surface area (Å²) in [5.41, 5.74) is 0.170. The quantitative estimate of drug-likeness (QED) is 0.729. The molecular weight excluding hydrogens is 305 g/mol. The second-order valence-corrected chi connectivity index (χ2v) is 6.25. The van der Waals surface area contributed by atoms with Crippen molar-refractivity contribution in [1.29, 1.82) is 0 Å². The van der Waals surface area contributed by atoms with Gasteiger partial charge in [0.2, 0.25) is 0 Å². The van der Waals surface area contributed by atoms with E-state index in [0.717, 1.165) is 12.1 Å². The van der Waals surface area contributed by atoms with Crippen LogP contribution >= 0.6 is 0 Å². The Morgan fingerprint density at radius 2 is 1.74 bits per heavy atom. The molecule has 0 aromatic heterocycles. The van der Waals surface area contributed by atoms with E-state index in [1.165, 1.54) is 6.07 Å². The van der Waals surface area contributed by atoms with Gasteiger partial charge in [0.15, 0.2) is 5.78 Å². The van der Waals surface area contributed by atoms with Crippen molar-refractivity contribution in [2.24, 2.45) is 0 Å². The molecule has 23 heavy (non-hydrogen) atoms. The van der Waals surface area contributed by atoms with Gasteiger partial charge < -0.3 is 4.74 Å². The number of hydrogen-bond donors (Lipinski definition) is 0. The van der Waals surface area contributed by atoms with Crippen molar-refractivity contribution in [3.05, 3.63) is 53.6 Å². The van der Waals surface area contributed by atoms with Gasteiger partial charge in [-0.3, -0.25) is 4.79 Å². The predicted octanol–water partition coefficient (Wildman–Crippen LogP) is 5.12. The van der Waals surface area contributed by atoms with Gasteiger partial charge >= 0.3 is 6.18 Å². The van der Waals surface area contributed by atoms with E-state index in [-0.39, 0.29) is 12.2 Å². The molecule has 1 aliphatic rings. The summed E-state index contributed by atoms with van der Waals surface area (Å²) in [5.74, 6) is 0.396. The fraction of sp³-hybridized carbons (Fsp3) is 0.278. The average molecular weight is 320 g/mol. The minimum absolute atomic E-state index is 0.0214. The summed E-state index contributed by atoms with van der Waals surface area (Å²) in [6, 6.07) is 9.99. The topological polar surface area (TPSA) is 26.3 Å². The number of fused-ring (bicyclic) bond motifs is 1. The molecule has 0 spiro atoms. The maximum absolute atomic E-state index is 12.8. The number of hydrogen-bond acceptors (Lipinski definition) is 2. The van der Waals surface area contributed by atoms with Crippen LogP contribution in [0.25, 0.3) is 11.1 Å². The third-order valence-corrected chi connectivity index (χ3v) is 3.78. The number of benzene rings is 2. The number of ether oxygens (including phenoxy) is 1. The van der Waals surface area contributed by atoms with Crippen LogP contribution in [0.4, 0.5) is 13.2 Å². The molecule has 0 N–H and O–H groups in total. The predicted molar refractivity (Wildman–Crippen MR) is 80.5 cm³/mol. The molecule has 2 aromatic rings. The fourth-order valence-corrected chi connectivity index (χ4v) is 2.71. The van der Waals surface area contributed by atoms with Gasteiger partial charge in [-0.05, 0) is 49.2 Å². The molecule has 1 aliphatic heterocycles. The van der Waals surface area contributed by atoms with E-state index in [9.17, 15) is 18.0 Å². The van der Waals surface area contributed by atoms with Crippen LogP contribution in [0.15, 0.2) is 42.5 Å². The maximum Gasteiger partial charge on any atom is 0.416 e. The Morgan fingerprint density at radius 3 is 2.43 bits per heavy atom. The van der Waals surface area contributed by atoms with Crippen molar-refractivity contribution in [2.45, 2.75) is 32.0 Å². The van der Waals surface area contributed by atoms with E-state index >= 15 is 0 Å². The first-order valence-corrected chi connectivity index (χ1v) is 7.20. The van der Waals surface area contributed by atoms with Crippen molar-refractivity contribution in [3.8, 4) is 16.9 Å². The van der Waals surface area contributed by atoms with Gasteiger partial charge in [0.1, 0.15) is 11.4 Å². The first-order valence-electron chi connectivity index (χ1n) is 7.20. The molecule has 0 amide bonds. The highest BCUT2D eigenvalue weighted by molar-refractivity contribution is 6.00. The fourth-order valence-electron chi connectivity index (χ4n) is 2.71. The van der Waals surface area contributed by atoms with Crippen molar-refractivity contribution in [3.63, 3.8) is 0 Å². The normalized spacial score (nSPS) is 16.7. The Kier molecular flexibility index (Phi) is 3.47. The molecule has 0 aliphatic carbocycles. The maximum atomic E-state index is 12.8. The lowest BCUT2D eigenvalue weighted by molar-refractivity contribution is -0.137. The first kappa shape index (κ1) is 15.6. The Balaban J connectivity index is 2.05. The number of carbonyl (C=O) groups excluding carboxylic acids is 1. The van der Waals surface area contributed by atoms with Crippen molar-refractivity contribution in [2.75, 3.05) is 0 Å². The van der Waals surface area contributed by atoms with Gasteiger partial charge in [0.05, 0.1) is 17.5 Å². The SMILES string of the molecule is CC1(C)CC(=O)c2ccc(-c3cccc(C(F)(F)F)c3)cc2O1. The monoisotopic (exact) mass is 320 g/mol. The summed E-state index contributed by atoms with van der Waals surface area (Å²) in [7, 11) is 0. The number of carbonyl (C=O) groups is 1. The highest BCUT2D eigenvalue weighted by Crippen LogP contribution is 2.37. The summed E-state index contributed by atoms with van der Waals surface area (Å²) in [5, 5.41) is 0. The van der Waals surface area contributed by atoms with Crippen LogP contribution in [-0.2, 0) is 6.18 Å². The first-order chi connectivity index (χ1) is 10.7. The standard InChI is InChI=1S/C18H15F3O2/c1-17(2)10-15(22)14-7-6-12(9-16(14)23-17)11-4-3-5-13(8-11)18(19,20)21/h3-9H,10H2,1-2H3. The van der Waals surface area contributed by atoms with Crippen LogP contribution in [0, 0.1) is 0 Å². The number of alkyl halides is 3. The molecule has 2 aromatic carbocycles. The van der Waals surface area contributed by atoms with Crippen molar-refractivity contribution < 1.29 is 22.7 Å². The molecule has 1 heterocycles. The molecule has 0 fully saturated rings. The second-order valence-electron chi connectivity index (χ2n) is 6.25. The lowest BCUT2D eigenvalue weighted by Crippen LogP contribution is -2.35. The van der Waals surface area contributed by atoms with Crippen molar-refractivity contribution >= 4 is 5.78 Å². The molecule has 0 saturated carbocycles. The highest BCUT2D eigenvalue weighted by Gasteiger charge is 2.33. The van der Waals surface area contributed by atoms with Gasteiger partial charge in [-0.15, -0.1) is 0 Å². The summed E-state index contributed by atoms with van der Waals surface area (Å²) < 4.78 is 44.3. The number of Topliss-reactive ketones (excluding diaryl/α,β-unsaturated/α-hetero) is 1. The molecule has 0 bridgehead atoms. The minimum atomic E-state index is -4.39. The van der Waals surface area contributed by atoms with Crippen LogP contribution in [-0.4, -0.2) is 11.4 Å². The molecule has 2 nitrogen and oxygen atoms in total. The van der Waals surface area contributed by atoms with E-state index in [0.29, 0.717) is 22.4 Å². The average Bonchev–Trinajstić information content (AvgIpc) is 2.44. The molecule has 0 radical (unpaired) electrons. The second kappa shape index (κ2) is 5.11. The van der Waals surface area contributed by atoms with Gasteiger partial charge in [0, 0.05) is 0 Å². The van der Waals surface area contributed by atoms with Crippen molar-refractivity contribution in [1.82, 2.24) is 0 Å². The summed E-state index contributed by atoms with van der Waals surface area (Å²) in [6.07, 6.45) is -4.11. The summed E-state index contributed by atoms with van der Waals surface area (Å²) >= 11 is 0. The third kappa shape index (κ3) is 3.09. The lowest BCUT2D eigenvalue weighted by Gasteiger charge is -2.31. The summed E-state index contributed by atoms with van der Waals surface area (Å²) in [4.78, 5) is 12.1. The van der Waals surface area contributed by atoms with Crippen LogP contribution in [0.3, 0.4) is 0 Å². The highest BCUT2D eigenvalue weighted by atomic mass is 19.4. The van der Waals surface area contributed by atoms with Crippen LogP contribution in [0.5, 0.6) is 5.75 Å². The zero-order valence-corrected chi connectivity index (χ0v) is 12.7. The molecule has 0 saturated heterocycles. The van der Waals surface area contributed by atoms with Gasteiger partial charge in [0.25, 0.3) is 0 Å². The molecule has 0 unspecified atom stereocenters. The molecule has 120 valence electrons. The van der Waals surface area contributed by atoms with Crippen LogP contribution in [0.1, 0.15) is 36.2 Å². The molecular formula is C18H15F3O2. The zero-order valence-electron chi connectivity index (χ0n) is 12.7. The Bertz CT molecular complexity index is 776. The van der Waals surface area contributed by atoms with E-state index in [4.69, 9.17) is 4.74 Å². The Labute approximate surface area is 131 Å². The van der Waals surface area contributed by atoms with Crippen LogP contribution < -0.4 is 4.74 Å². The van der Waals surface area contributed by atoms with Crippen LogP contribution in [0.2, 0.25) is 0 Å². The minimum Gasteiger partial charge on any atom is -0.487 e. The number of rotatable bonds is 1.